The van der Waals surface area contributed by atoms with E-state index in [1.807, 2.05) is 19.1 Å². The summed E-state index contributed by atoms with van der Waals surface area (Å²) in [6, 6.07) is 7.32. The van der Waals surface area contributed by atoms with Crippen LogP contribution in [0.4, 0.5) is 5.69 Å². The minimum atomic E-state index is -0.362. The number of carbonyl (C=O) groups excluding carboxylic acids is 1. The molecule has 0 spiro atoms. The molecule has 0 aliphatic rings. The molecule has 2 rings (SSSR count). The van der Waals surface area contributed by atoms with E-state index < -0.39 is 0 Å². The van der Waals surface area contributed by atoms with Crippen LogP contribution in [-0.2, 0) is 0 Å². The SMILES string of the molecule is CCC(O)CCNC(=O)c1cc2cccc(N)c2[nH]1. The summed E-state index contributed by atoms with van der Waals surface area (Å²) >= 11 is 0. The normalized spacial score (nSPS) is 12.5. The highest BCUT2D eigenvalue weighted by molar-refractivity contribution is 6.00. The number of fused-ring (bicyclic) bond motifs is 1. The molecule has 1 aromatic heterocycles. The molecule has 1 aromatic carbocycles. The van der Waals surface area contributed by atoms with Crippen molar-refractivity contribution in [3.63, 3.8) is 0 Å². The molecule has 5 nitrogen and oxygen atoms in total. The van der Waals surface area contributed by atoms with Crippen molar-refractivity contribution in [2.24, 2.45) is 0 Å². The van der Waals surface area contributed by atoms with Gasteiger partial charge in [0.05, 0.1) is 17.3 Å². The van der Waals surface area contributed by atoms with Gasteiger partial charge in [-0.15, -0.1) is 0 Å². The molecule has 1 heterocycles. The van der Waals surface area contributed by atoms with E-state index in [0.29, 0.717) is 30.8 Å². The average molecular weight is 261 g/mol. The summed E-state index contributed by atoms with van der Waals surface area (Å²) in [6.45, 7) is 2.37. The number of aliphatic hydroxyl groups excluding tert-OH is 1. The minimum Gasteiger partial charge on any atom is -0.397 e. The molecule has 0 aliphatic heterocycles. The molecule has 0 aliphatic carbocycles. The molecule has 0 saturated heterocycles. The molecule has 5 N–H and O–H groups in total. The molecule has 1 unspecified atom stereocenters. The van der Waals surface area contributed by atoms with Crippen molar-refractivity contribution in [1.29, 1.82) is 0 Å². The summed E-state index contributed by atoms with van der Waals surface area (Å²) in [5.74, 6) is -0.182. The fourth-order valence-electron chi connectivity index (χ4n) is 1.95. The Labute approximate surface area is 111 Å². The second-order valence-electron chi connectivity index (χ2n) is 4.60. The predicted molar refractivity (Wildman–Crippen MR) is 76.0 cm³/mol. The molecule has 0 bridgehead atoms. The average Bonchev–Trinajstić information content (AvgIpc) is 2.84. The van der Waals surface area contributed by atoms with E-state index >= 15 is 0 Å². The maximum absolute atomic E-state index is 11.9. The topological polar surface area (TPSA) is 91.1 Å². The number of benzene rings is 1. The van der Waals surface area contributed by atoms with E-state index in [9.17, 15) is 9.90 Å². The Morgan fingerprint density at radius 3 is 3.00 bits per heavy atom. The van der Waals surface area contributed by atoms with Gasteiger partial charge in [0.15, 0.2) is 0 Å². The van der Waals surface area contributed by atoms with Gasteiger partial charge in [-0.3, -0.25) is 4.79 Å². The third-order valence-corrected chi connectivity index (χ3v) is 3.17. The highest BCUT2D eigenvalue weighted by Gasteiger charge is 2.10. The molecule has 0 saturated carbocycles. The second-order valence-corrected chi connectivity index (χ2v) is 4.60. The second kappa shape index (κ2) is 5.75. The van der Waals surface area contributed by atoms with Crippen LogP contribution < -0.4 is 11.1 Å². The van der Waals surface area contributed by atoms with Crippen molar-refractivity contribution in [1.82, 2.24) is 10.3 Å². The van der Waals surface area contributed by atoms with Gasteiger partial charge in [0.1, 0.15) is 5.69 Å². The van der Waals surface area contributed by atoms with Gasteiger partial charge in [-0.05, 0) is 25.0 Å². The van der Waals surface area contributed by atoms with E-state index in [0.717, 1.165) is 10.9 Å². The van der Waals surface area contributed by atoms with Gasteiger partial charge in [-0.1, -0.05) is 19.1 Å². The third kappa shape index (κ3) is 3.06. The lowest BCUT2D eigenvalue weighted by atomic mass is 10.2. The quantitative estimate of drug-likeness (QED) is 0.617. The lowest BCUT2D eigenvalue weighted by Crippen LogP contribution is -2.27. The number of para-hydroxylation sites is 1. The van der Waals surface area contributed by atoms with Crippen molar-refractivity contribution >= 4 is 22.5 Å². The van der Waals surface area contributed by atoms with Crippen LogP contribution in [0.25, 0.3) is 10.9 Å². The summed E-state index contributed by atoms with van der Waals surface area (Å²) in [6.07, 6.45) is 0.891. The van der Waals surface area contributed by atoms with Gasteiger partial charge in [0.25, 0.3) is 5.91 Å². The molecule has 1 amide bonds. The summed E-state index contributed by atoms with van der Waals surface area (Å²) in [7, 11) is 0. The van der Waals surface area contributed by atoms with Crippen LogP contribution in [0.3, 0.4) is 0 Å². The number of hydrogen-bond donors (Lipinski definition) is 4. The molecule has 0 fully saturated rings. The Hall–Kier alpha value is -2.01. The van der Waals surface area contributed by atoms with Gasteiger partial charge < -0.3 is 21.1 Å². The first-order valence-electron chi connectivity index (χ1n) is 6.45. The fraction of sp³-hybridized carbons (Fsp3) is 0.357. The number of amides is 1. The Morgan fingerprint density at radius 1 is 1.53 bits per heavy atom. The van der Waals surface area contributed by atoms with E-state index in [4.69, 9.17) is 5.73 Å². The van der Waals surface area contributed by atoms with E-state index in [-0.39, 0.29) is 12.0 Å². The predicted octanol–water partition coefficient (Wildman–Crippen LogP) is 1.64. The molecule has 0 radical (unpaired) electrons. The van der Waals surface area contributed by atoms with E-state index in [2.05, 4.69) is 10.3 Å². The first kappa shape index (κ1) is 13.4. The van der Waals surface area contributed by atoms with Crippen molar-refractivity contribution < 1.29 is 9.90 Å². The Bertz CT molecular complexity index is 577. The van der Waals surface area contributed by atoms with Crippen LogP contribution in [0.1, 0.15) is 30.3 Å². The number of aliphatic hydroxyl groups is 1. The molecule has 5 heteroatoms. The van der Waals surface area contributed by atoms with Crippen molar-refractivity contribution in [3.05, 3.63) is 30.0 Å². The Kier molecular flexibility index (Phi) is 4.06. The molecule has 19 heavy (non-hydrogen) atoms. The number of aromatic nitrogens is 1. The Balaban J connectivity index is 2.03. The number of hydrogen-bond acceptors (Lipinski definition) is 3. The van der Waals surface area contributed by atoms with Crippen molar-refractivity contribution in [3.8, 4) is 0 Å². The fourth-order valence-corrected chi connectivity index (χ4v) is 1.95. The van der Waals surface area contributed by atoms with E-state index in [1.165, 1.54) is 0 Å². The lowest BCUT2D eigenvalue weighted by molar-refractivity contribution is 0.0938. The maximum Gasteiger partial charge on any atom is 0.267 e. The molecular formula is C14H19N3O2. The van der Waals surface area contributed by atoms with Crippen molar-refractivity contribution in [2.45, 2.75) is 25.9 Å². The first-order valence-corrected chi connectivity index (χ1v) is 6.45. The zero-order valence-electron chi connectivity index (χ0n) is 10.9. The summed E-state index contributed by atoms with van der Waals surface area (Å²) in [4.78, 5) is 14.9. The molecule has 1 atom stereocenters. The molecule has 102 valence electrons. The lowest BCUT2D eigenvalue weighted by Gasteiger charge is -2.07. The largest absolute Gasteiger partial charge is 0.397 e. The van der Waals surface area contributed by atoms with Gasteiger partial charge in [0.2, 0.25) is 0 Å². The van der Waals surface area contributed by atoms with Crippen LogP contribution in [0.5, 0.6) is 0 Å². The summed E-state index contributed by atoms with van der Waals surface area (Å²) in [5, 5.41) is 13.1. The number of rotatable bonds is 5. The highest BCUT2D eigenvalue weighted by Crippen LogP contribution is 2.20. The number of nitrogens with two attached hydrogens (primary N) is 1. The minimum absolute atomic E-state index is 0.182. The summed E-state index contributed by atoms with van der Waals surface area (Å²) < 4.78 is 0. The number of carbonyl (C=O) groups is 1. The van der Waals surface area contributed by atoms with Gasteiger partial charge in [-0.2, -0.15) is 0 Å². The van der Waals surface area contributed by atoms with E-state index in [1.54, 1.807) is 12.1 Å². The van der Waals surface area contributed by atoms with Crippen LogP contribution >= 0.6 is 0 Å². The Morgan fingerprint density at radius 2 is 2.32 bits per heavy atom. The number of aromatic amines is 1. The zero-order chi connectivity index (χ0) is 13.8. The number of nitrogens with one attached hydrogen (secondary N) is 2. The first-order chi connectivity index (χ1) is 9.11. The number of nitrogen functional groups attached to an aromatic ring is 1. The maximum atomic E-state index is 11.9. The van der Waals surface area contributed by atoms with Gasteiger partial charge in [-0.25, -0.2) is 0 Å². The standard InChI is InChI=1S/C14H19N3O2/c1-2-10(18)6-7-16-14(19)12-8-9-4-3-5-11(15)13(9)17-12/h3-5,8,10,17-18H,2,6-7,15H2,1H3,(H,16,19). The van der Waals surface area contributed by atoms with Crippen LogP contribution in [0, 0.1) is 0 Å². The van der Waals surface area contributed by atoms with Crippen molar-refractivity contribution in [2.75, 3.05) is 12.3 Å². The van der Waals surface area contributed by atoms with Gasteiger partial charge >= 0.3 is 0 Å². The van der Waals surface area contributed by atoms with Crippen LogP contribution in [-0.4, -0.2) is 28.6 Å². The number of H-pyrrole nitrogens is 1. The number of anilines is 1. The highest BCUT2D eigenvalue weighted by atomic mass is 16.3. The zero-order valence-corrected chi connectivity index (χ0v) is 10.9. The van der Waals surface area contributed by atoms with Crippen LogP contribution in [0.2, 0.25) is 0 Å². The monoisotopic (exact) mass is 261 g/mol. The third-order valence-electron chi connectivity index (χ3n) is 3.17. The van der Waals surface area contributed by atoms with Gasteiger partial charge in [0, 0.05) is 11.9 Å². The van der Waals surface area contributed by atoms with Crippen LogP contribution in [0.15, 0.2) is 24.3 Å². The summed E-state index contributed by atoms with van der Waals surface area (Å²) in [5.41, 5.74) is 7.72. The smallest absolute Gasteiger partial charge is 0.267 e. The molecule has 2 aromatic rings. The molecular weight excluding hydrogens is 242 g/mol.